The topological polar surface area (TPSA) is 54.9 Å². The Bertz CT molecular complexity index is 410. The van der Waals surface area contributed by atoms with Crippen molar-refractivity contribution in [2.24, 2.45) is 5.92 Å². The van der Waals surface area contributed by atoms with E-state index in [4.69, 9.17) is 0 Å². The molecule has 1 N–H and O–H groups in total. The maximum Gasteiger partial charge on any atom is 0.445 e. The van der Waals surface area contributed by atoms with E-state index in [1.54, 1.807) is 6.92 Å². The summed E-state index contributed by atoms with van der Waals surface area (Å²) in [6.07, 6.45) is -3.05. The summed E-state index contributed by atoms with van der Waals surface area (Å²) in [7, 11) is 0. The van der Waals surface area contributed by atoms with Crippen molar-refractivity contribution in [2.45, 2.75) is 25.9 Å². The number of carbonyl (C=O) groups is 1. The predicted molar refractivity (Wildman–Crippen MR) is 65.7 cm³/mol. The van der Waals surface area contributed by atoms with Gasteiger partial charge in [-0.1, -0.05) is 34.2 Å². The smallest absolute Gasteiger partial charge is 0.300 e. The number of carbonyl (C=O) groups excluding carboxylic acids is 1. The molecular formula is C9H11BrF3N3OS. The van der Waals surface area contributed by atoms with Crippen LogP contribution in [0.1, 0.15) is 24.8 Å². The molecule has 9 heteroatoms. The first-order chi connectivity index (χ1) is 8.34. The maximum atomic E-state index is 12.3. The third-order valence-corrected chi connectivity index (χ3v) is 3.56. The number of hydrogen-bond donors (Lipinski definition) is 1. The lowest BCUT2D eigenvalue weighted by Crippen LogP contribution is -2.20. The molecule has 1 heterocycles. The van der Waals surface area contributed by atoms with E-state index in [0.29, 0.717) is 17.8 Å². The minimum atomic E-state index is -4.53. The Hall–Kier alpha value is -0.700. The highest BCUT2D eigenvalue weighted by Crippen LogP contribution is 2.33. The molecule has 0 spiro atoms. The Labute approximate surface area is 114 Å². The van der Waals surface area contributed by atoms with Gasteiger partial charge in [-0.05, 0) is 12.8 Å². The lowest BCUT2D eigenvalue weighted by molar-refractivity contribution is -0.138. The van der Waals surface area contributed by atoms with Crippen LogP contribution in [0.25, 0.3) is 0 Å². The fraction of sp³-hybridized carbons (Fsp3) is 0.667. The number of rotatable bonds is 5. The van der Waals surface area contributed by atoms with E-state index in [1.807, 2.05) is 0 Å². The van der Waals surface area contributed by atoms with Gasteiger partial charge in [0.2, 0.25) is 16.0 Å². The Morgan fingerprint density at radius 3 is 2.67 bits per heavy atom. The zero-order valence-corrected chi connectivity index (χ0v) is 11.8. The first-order valence-electron chi connectivity index (χ1n) is 5.12. The highest BCUT2D eigenvalue weighted by molar-refractivity contribution is 9.09. The number of nitrogens with zero attached hydrogens (tertiary/aromatic N) is 2. The summed E-state index contributed by atoms with van der Waals surface area (Å²) in [6.45, 7) is 1.71. The van der Waals surface area contributed by atoms with Crippen LogP contribution in [0, 0.1) is 5.92 Å². The Kier molecular flexibility index (Phi) is 5.51. The summed E-state index contributed by atoms with van der Waals surface area (Å²) in [4.78, 5) is 11.6. The summed E-state index contributed by atoms with van der Waals surface area (Å²) in [5.41, 5.74) is 0. The van der Waals surface area contributed by atoms with E-state index >= 15 is 0 Å². The predicted octanol–water partition coefficient (Wildman–Crippen LogP) is 3.31. The molecule has 1 amide bonds. The van der Waals surface area contributed by atoms with Gasteiger partial charge in [-0.25, -0.2) is 0 Å². The van der Waals surface area contributed by atoms with Gasteiger partial charge in [0.1, 0.15) is 0 Å². The normalized spacial score (nSPS) is 13.4. The molecule has 1 atom stereocenters. The zero-order chi connectivity index (χ0) is 13.8. The van der Waals surface area contributed by atoms with Crippen molar-refractivity contribution in [2.75, 3.05) is 10.6 Å². The van der Waals surface area contributed by atoms with Gasteiger partial charge in [0.05, 0.1) is 0 Å². The van der Waals surface area contributed by atoms with Crippen molar-refractivity contribution in [3.63, 3.8) is 0 Å². The van der Waals surface area contributed by atoms with Gasteiger partial charge in [-0.2, -0.15) is 13.2 Å². The van der Waals surface area contributed by atoms with Gasteiger partial charge in [0, 0.05) is 11.2 Å². The molecule has 0 aliphatic heterocycles. The Morgan fingerprint density at radius 2 is 2.17 bits per heavy atom. The molecule has 1 rings (SSSR count). The van der Waals surface area contributed by atoms with Gasteiger partial charge in [-0.15, -0.1) is 10.2 Å². The van der Waals surface area contributed by atoms with Crippen molar-refractivity contribution < 1.29 is 18.0 Å². The number of halogens is 4. The molecule has 18 heavy (non-hydrogen) atoms. The number of alkyl halides is 4. The fourth-order valence-electron chi connectivity index (χ4n) is 1.13. The molecule has 1 unspecified atom stereocenters. The van der Waals surface area contributed by atoms with Crippen LogP contribution in [-0.4, -0.2) is 21.4 Å². The summed E-state index contributed by atoms with van der Waals surface area (Å²) < 4.78 is 36.8. The van der Waals surface area contributed by atoms with Gasteiger partial charge < -0.3 is 5.32 Å². The second kappa shape index (κ2) is 6.46. The van der Waals surface area contributed by atoms with E-state index in [0.717, 1.165) is 11.8 Å². The van der Waals surface area contributed by atoms with Crippen LogP contribution in [0.15, 0.2) is 0 Å². The monoisotopic (exact) mass is 345 g/mol. The molecule has 0 aromatic carbocycles. The fourth-order valence-corrected chi connectivity index (χ4v) is 2.07. The van der Waals surface area contributed by atoms with Gasteiger partial charge in [0.25, 0.3) is 0 Å². The van der Waals surface area contributed by atoms with E-state index in [1.165, 1.54) is 0 Å². The molecule has 0 aliphatic carbocycles. The van der Waals surface area contributed by atoms with Crippen molar-refractivity contribution >= 4 is 38.3 Å². The first kappa shape index (κ1) is 15.4. The summed E-state index contributed by atoms with van der Waals surface area (Å²) >= 11 is 3.56. The second-order valence-corrected chi connectivity index (χ2v) is 5.40. The van der Waals surface area contributed by atoms with Crippen LogP contribution >= 0.6 is 27.3 Å². The third kappa shape index (κ3) is 4.52. The first-order valence-corrected chi connectivity index (χ1v) is 7.06. The van der Waals surface area contributed by atoms with Crippen LogP contribution < -0.4 is 5.32 Å². The second-order valence-electron chi connectivity index (χ2n) is 3.63. The lowest BCUT2D eigenvalue weighted by atomic mass is 10.1. The van der Waals surface area contributed by atoms with Crippen LogP contribution in [0.2, 0.25) is 0 Å². The molecule has 0 bridgehead atoms. The number of anilines is 1. The van der Waals surface area contributed by atoms with Gasteiger partial charge >= 0.3 is 6.18 Å². The molecule has 0 fully saturated rings. The molecule has 0 aliphatic rings. The quantitative estimate of drug-likeness (QED) is 0.833. The van der Waals surface area contributed by atoms with E-state index in [-0.39, 0.29) is 17.0 Å². The Morgan fingerprint density at radius 1 is 1.50 bits per heavy atom. The van der Waals surface area contributed by atoms with Crippen molar-refractivity contribution in [3.05, 3.63) is 5.01 Å². The third-order valence-electron chi connectivity index (χ3n) is 2.12. The number of nitrogens with one attached hydrogen (secondary N) is 1. The maximum absolute atomic E-state index is 12.3. The highest BCUT2D eigenvalue weighted by Gasteiger charge is 2.35. The minimum Gasteiger partial charge on any atom is -0.300 e. The van der Waals surface area contributed by atoms with E-state index in [9.17, 15) is 18.0 Å². The lowest BCUT2D eigenvalue weighted by Gasteiger charge is -2.08. The summed E-state index contributed by atoms with van der Waals surface area (Å²) in [5, 5.41) is 8.20. The molecular weight excluding hydrogens is 335 g/mol. The molecule has 102 valence electrons. The molecule has 0 radical (unpaired) electrons. The molecule has 0 saturated carbocycles. The average molecular weight is 346 g/mol. The van der Waals surface area contributed by atoms with Crippen molar-refractivity contribution in [1.82, 2.24) is 10.2 Å². The average Bonchev–Trinajstić information content (AvgIpc) is 2.73. The minimum absolute atomic E-state index is 0.127. The summed E-state index contributed by atoms with van der Waals surface area (Å²) in [5.74, 6) is -0.624. The summed E-state index contributed by atoms with van der Waals surface area (Å²) in [6, 6.07) is 0. The van der Waals surface area contributed by atoms with Crippen LogP contribution in [0.3, 0.4) is 0 Å². The largest absolute Gasteiger partial charge is 0.445 e. The number of aromatic nitrogens is 2. The standard InChI is InChI=1S/C9H11BrF3N3OS/c1-5(3-2-4-10)6(17)14-8-16-15-7(18-8)9(11,12)13/h5H,2-4H2,1H3,(H,14,16,17). The SMILES string of the molecule is CC(CCCBr)C(=O)Nc1nnc(C(F)(F)F)s1. The van der Waals surface area contributed by atoms with Crippen LogP contribution in [0.5, 0.6) is 0 Å². The molecule has 1 aromatic heterocycles. The van der Waals surface area contributed by atoms with E-state index in [2.05, 4.69) is 31.4 Å². The van der Waals surface area contributed by atoms with Crippen molar-refractivity contribution in [3.8, 4) is 0 Å². The zero-order valence-electron chi connectivity index (χ0n) is 9.42. The van der Waals surface area contributed by atoms with Crippen molar-refractivity contribution in [1.29, 1.82) is 0 Å². The molecule has 1 aromatic rings. The Balaban J connectivity index is 2.57. The number of amides is 1. The van der Waals surface area contributed by atoms with Crippen LogP contribution in [-0.2, 0) is 11.0 Å². The molecule has 4 nitrogen and oxygen atoms in total. The number of hydrogen-bond acceptors (Lipinski definition) is 4. The van der Waals surface area contributed by atoms with E-state index < -0.39 is 11.2 Å². The van der Waals surface area contributed by atoms with Gasteiger partial charge in [0.15, 0.2) is 0 Å². The highest BCUT2D eigenvalue weighted by atomic mass is 79.9. The van der Waals surface area contributed by atoms with Crippen LogP contribution in [0.4, 0.5) is 18.3 Å². The molecule has 0 saturated heterocycles. The van der Waals surface area contributed by atoms with Gasteiger partial charge in [-0.3, -0.25) is 4.79 Å².